The molecule has 2 bridgehead atoms. The minimum Gasteiger partial charge on any atom is -0.309 e. The second kappa shape index (κ2) is 5.82. The van der Waals surface area contributed by atoms with Gasteiger partial charge in [-0.2, -0.15) is 5.10 Å². The summed E-state index contributed by atoms with van der Waals surface area (Å²) in [7, 11) is 0. The molecule has 3 heterocycles. The van der Waals surface area contributed by atoms with Crippen LogP contribution in [0.5, 0.6) is 0 Å². The lowest BCUT2D eigenvalue weighted by Gasteiger charge is -2.42. The summed E-state index contributed by atoms with van der Waals surface area (Å²) in [5, 5.41) is 8.11. The Labute approximate surface area is 129 Å². The highest BCUT2D eigenvalue weighted by molar-refractivity contribution is 5.32. The Morgan fingerprint density at radius 1 is 1.09 bits per heavy atom. The first-order valence-corrected chi connectivity index (χ1v) is 8.05. The molecule has 4 rings (SSSR count). The Hall–Kier alpha value is -1.72. The lowest BCUT2D eigenvalue weighted by atomic mass is 9.94. The first kappa shape index (κ1) is 13.9. The van der Waals surface area contributed by atoms with Crippen molar-refractivity contribution in [1.29, 1.82) is 0 Å². The van der Waals surface area contributed by atoms with Crippen molar-refractivity contribution >= 4 is 0 Å². The van der Waals surface area contributed by atoms with Gasteiger partial charge in [0.15, 0.2) is 0 Å². The molecule has 2 saturated heterocycles. The average molecular weight is 300 g/mol. The summed E-state index contributed by atoms with van der Waals surface area (Å²) in [6.07, 6.45) is 5.74. The molecular formula is C17H21FN4. The molecule has 2 aliphatic heterocycles. The third-order valence-corrected chi connectivity index (χ3v) is 4.71. The molecule has 1 aromatic carbocycles. The van der Waals surface area contributed by atoms with Crippen molar-refractivity contribution in [3.8, 4) is 5.69 Å². The van der Waals surface area contributed by atoms with Crippen molar-refractivity contribution in [3.63, 3.8) is 0 Å². The Morgan fingerprint density at radius 3 is 2.55 bits per heavy atom. The number of aromatic nitrogens is 2. The van der Waals surface area contributed by atoms with Gasteiger partial charge in [0.1, 0.15) is 5.82 Å². The summed E-state index contributed by atoms with van der Waals surface area (Å²) in [6, 6.07) is 9.84. The molecule has 2 fully saturated rings. The normalized spacial score (nSPS) is 25.3. The number of likely N-dealkylation sites (tertiary alicyclic amines) is 1. The van der Waals surface area contributed by atoms with Crippen molar-refractivity contribution in [1.82, 2.24) is 20.0 Å². The van der Waals surface area contributed by atoms with Crippen LogP contribution in [-0.4, -0.2) is 39.9 Å². The van der Waals surface area contributed by atoms with E-state index in [0.29, 0.717) is 12.1 Å². The number of nitrogens with one attached hydrogen (secondary N) is 1. The van der Waals surface area contributed by atoms with Crippen molar-refractivity contribution in [2.75, 3.05) is 13.1 Å². The third-order valence-electron chi connectivity index (χ3n) is 4.71. The second-order valence-corrected chi connectivity index (χ2v) is 6.40. The third kappa shape index (κ3) is 2.78. The summed E-state index contributed by atoms with van der Waals surface area (Å²) < 4.78 is 15.0. The highest BCUT2D eigenvalue weighted by atomic mass is 19.1. The van der Waals surface area contributed by atoms with Crippen molar-refractivity contribution < 1.29 is 4.39 Å². The fourth-order valence-electron chi connectivity index (χ4n) is 3.72. The Bertz CT molecular complexity index is 624. The summed E-state index contributed by atoms with van der Waals surface area (Å²) in [4.78, 5) is 2.52. The number of piperazine rings is 1. The van der Waals surface area contributed by atoms with Crippen LogP contribution in [0.3, 0.4) is 0 Å². The maximum Gasteiger partial charge on any atom is 0.123 e. The Balaban J connectivity index is 1.52. The summed E-state index contributed by atoms with van der Waals surface area (Å²) >= 11 is 0. The minimum atomic E-state index is -0.215. The minimum absolute atomic E-state index is 0.215. The molecule has 22 heavy (non-hydrogen) atoms. The topological polar surface area (TPSA) is 33.1 Å². The monoisotopic (exact) mass is 300 g/mol. The van der Waals surface area contributed by atoms with E-state index in [1.165, 1.54) is 31.4 Å². The zero-order valence-corrected chi connectivity index (χ0v) is 12.6. The largest absolute Gasteiger partial charge is 0.309 e. The van der Waals surface area contributed by atoms with E-state index in [4.69, 9.17) is 0 Å². The van der Waals surface area contributed by atoms with Gasteiger partial charge in [-0.05, 0) is 43.2 Å². The van der Waals surface area contributed by atoms with Crippen LogP contribution in [0.25, 0.3) is 5.69 Å². The van der Waals surface area contributed by atoms with Gasteiger partial charge in [-0.1, -0.05) is 6.42 Å². The SMILES string of the molecule is Fc1ccc(-n2nccc2CN2CC3CCCC(C2)N3)cc1. The van der Waals surface area contributed by atoms with Crippen LogP contribution in [0, 0.1) is 5.82 Å². The van der Waals surface area contributed by atoms with E-state index in [1.807, 2.05) is 10.9 Å². The molecule has 2 aromatic rings. The number of fused-ring (bicyclic) bond motifs is 2. The zero-order chi connectivity index (χ0) is 14.9. The number of rotatable bonds is 3. The molecule has 0 radical (unpaired) electrons. The molecule has 0 saturated carbocycles. The van der Waals surface area contributed by atoms with E-state index in [2.05, 4.69) is 21.4 Å². The average Bonchev–Trinajstić information content (AvgIpc) is 2.96. The van der Waals surface area contributed by atoms with E-state index in [-0.39, 0.29) is 5.82 Å². The first-order chi connectivity index (χ1) is 10.8. The van der Waals surface area contributed by atoms with Gasteiger partial charge in [-0.3, -0.25) is 4.90 Å². The van der Waals surface area contributed by atoms with E-state index < -0.39 is 0 Å². The Morgan fingerprint density at radius 2 is 1.82 bits per heavy atom. The molecule has 116 valence electrons. The number of benzene rings is 1. The van der Waals surface area contributed by atoms with Crippen LogP contribution in [0.4, 0.5) is 4.39 Å². The maximum atomic E-state index is 13.1. The van der Waals surface area contributed by atoms with E-state index in [0.717, 1.165) is 31.0 Å². The number of halogens is 1. The van der Waals surface area contributed by atoms with Gasteiger partial charge in [0.2, 0.25) is 0 Å². The number of hydrogen-bond acceptors (Lipinski definition) is 3. The van der Waals surface area contributed by atoms with E-state index in [9.17, 15) is 4.39 Å². The molecule has 1 N–H and O–H groups in total. The number of nitrogens with zero attached hydrogens (tertiary/aromatic N) is 3. The molecular weight excluding hydrogens is 279 g/mol. The predicted octanol–water partition coefficient (Wildman–Crippen LogP) is 2.34. The van der Waals surface area contributed by atoms with Gasteiger partial charge < -0.3 is 5.32 Å². The number of hydrogen-bond donors (Lipinski definition) is 1. The van der Waals surface area contributed by atoms with Crippen molar-refractivity contribution in [2.24, 2.45) is 0 Å². The standard InChI is InChI=1S/C17H21FN4/c18-13-4-6-16(7-5-13)22-17(8-9-19-22)12-21-10-14-2-1-3-15(11-21)20-14/h4-9,14-15,20H,1-3,10-12H2. The molecule has 2 aliphatic rings. The lowest BCUT2D eigenvalue weighted by molar-refractivity contribution is 0.118. The zero-order valence-electron chi connectivity index (χ0n) is 12.6. The fraction of sp³-hybridized carbons (Fsp3) is 0.471. The number of piperidine rings is 1. The van der Waals surface area contributed by atoms with Crippen LogP contribution >= 0.6 is 0 Å². The quantitative estimate of drug-likeness (QED) is 0.944. The van der Waals surface area contributed by atoms with Crippen LogP contribution in [0.2, 0.25) is 0 Å². The molecule has 4 nitrogen and oxygen atoms in total. The molecule has 0 spiro atoms. The summed E-state index contributed by atoms with van der Waals surface area (Å²) in [6.45, 7) is 3.10. The van der Waals surface area contributed by atoms with Gasteiger partial charge in [0.05, 0.1) is 11.4 Å². The molecule has 2 unspecified atom stereocenters. The van der Waals surface area contributed by atoms with Gasteiger partial charge in [0, 0.05) is 37.9 Å². The molecule has 5 heteroatoms. The summed E-state index contributed by atoms with van der Waals surface area (Å²) in [5.74, 6) is -0.215. The molecule has 0 aliphatic carbocycles. The van der Waals surface area contributed by atoms with Crippen LogP contribution in [0.15, 0.2) is 36.5 Å². The second-order valence-electron chi connectivity index (χ2n) is 6.40. The van der Waals surface area contributed by atoms with E-state index in [1.54, 1.807) is 12.1 Å². The molecule has 2 atom stereocenters. The van der Waals surface area contributed by atoms with Crippen LogP contribution in [-0.2, 0) is 6.54 Å². The van der Waals surface area contributed by atoms with Crippen molar-refractivity contribution in [2.45, 2.75) is 37.9 Å². The predicted molar refractivity (Wildman–Crippen MR) is 83.4 cm³/mol. The molecule has 1 aromatic heterocycles. The van der Waals surface area contributed by atoms with Crippen molar-refractivity contribution in [3.05, 3.63) is 48.0 Å². The van der Waals surface area contributed by atoms with Gasteiger partial charge in [-0.15, -0.1) is 0 Å². The molecule has 0 amide bonds. The van der Waals surface area contributed by atoms with Crippen LogP contribution in [0.1, 0.15) is 25.0 Å². The lowest BCUT2D eigenvalue weighted by Crippen LogP contribution is -2.58. The first-order valence-electron chi connectivity index (χ1n) is 8.05. The fourth-order valence-corrected chi connectivity index (χ4v) is 3.72. The van der Waals surface area contributed by atoms with Gasteiger partial charge in [-0.25, -0.2) is 9.07 Å². The smallest absolute Gasteiger partial charge is 0.123 e. The van der Waals surface area contributed by atoms with Crippen LogP contribution < -0.4 is 5.32 Å². The maximum absolute atomic E-state index is 13.1. The summed E-state index contributed by atoms with van der Waals surface area (Å²) in [5.41, 5.74) is 2.07. The van der Waals surface area contributed by atoms with E-state index >= 15 is 0 Å². The highest BCUT2D eigenvalue weighted by Gasteiger charge is 2.29. The van der Waals surface area contributed by atoms with Gasteiger partial charge in [0.25, 0.3) is 0 Å². The van der Waals surface area contributed by atoms with Gasteiger partial charge >= 0.3 is 0 Å². The highest BCUT2D eigenvalue weighted by Crippen LogP contribution is 2.21. The Kier molecular flexibility index (Phi) is 3.68.